The molecular weight excluding hydrogens is 253 g/mol. The first-order chi connectivity index (χ1) is 7.09. The average Bonchev–Trinajstić information content (AvgIpc) is 2.18. The molecule has 0 atom stereocenters. The predicted octanol–water partition coefficient (Wildman–Crippen LogP) is 3.44. The molecule has 2 N–H and O–H groups in total. The Morgan fingerprint density at radius 2 is 2.07 bits per heavy atom. The molecule has 1 rings (SSSR count). The van der Waals surface area contributed by atoms with Gasteiger partial charge in [-0.15, -0.1) is 0 Å². The van der Waals surface area contributed by atoms with Gasteiger partial charge >= 0.3 is 0 Å². The molecule has 0 aliphatic rings. The standard InChI is InChI=1S/C10H11Cl2NOS/c11-8-4-3-7(6-9(8)12)14-5-1-2-10(13)15/h3-4,6H,1-2,5H2,(H2,13,15). The quantitative estimate of drug-likeness (QED) is 0.653. The van der Waals surface area contributed by atoms with Crippen LogP contribution in [0.3, 0.4) is 0 Å². The lowest BCUT2D eigenvalue weighted by Gasteiger charge is -2.06. The van der Waals surface area contributed by atoms with E-state index in [9.17, 15) is 0 Å². The summed E-state index contributed by atoms with van der Waals surface area (Å²) in [5, 5.41) is 1.01. The number of hydrogen-bond donors (Lipinski definition) is 1. The van der Waals surface area contributed by atoms with Crippen molar-refractivity contribution in [3.05, 3.63) is 28.2 Å². The predicted molar refractivity (Wildman–Crippen MR) is 68.0 cm³/mol. The Morgan fingerprint density at radius 1 is 1.33 bits per heavy atom. The lowest BCUT2D eigenvalue weighted by atomic mass is 10.3. The molecule has 0 bridgehead atoms. The Kier molecular flexibility index (Phi) is 5.15. The van der Waals surface area contributed by atoms with Gasteiger partial charge in [-0.05, 0) is 18.6 Å². The smallest absolute Gasteiger partial charge is 0.120 e. The summed E-state index contributed by atoms with van der Waals surface area (Å²) in [6.07, 6.45) is 1.49. The molecule has 0 aromatic heterocycles. The van der Waals surface area contributed by atoms with Gasteiger partial charge in [0.25, 0.3) is 0 Å². The van der Waals surface area contributed by atoms with Crippen molar-refractivity contribution in [1.29, 1.82) is 0 Å². The maximum Gasteiger partial charge on any atom is 0.120 e. The number of halogens is 2. The zero-order valence-electron chi connectivity index (χ0n) is 8.00. The van der Waals surface area contributed by atoms with Crippen LogP contribution in [0.2, 0.25) is 10.0 Å². The minimum Gasteiger partial charge on any atom is -0.494 e. The number of nitrogens with two attached hydrogens (primary N) is 1. The second-order valence-electron chi connectivity index (χ2n) is 2.99. The van der Waals surface area contributed by atoms with Crippen molar-refractivity contribution in [3.8, 4) is 5.75 Å². The van der Waals surface area contributed by atoms with Crippen LogP contribution in [0.15, 0.2) is 18.2 Å². The summed E-state index contributed by atoms with van der Waals surface area (Å²) >= 11 is 16.3. The summed E-state index contributed by atoms with van der Waals surface area (Å²) in [6, 6.07) is 5.16. The topological polar surface area (TPSA) is 35.2 Å². The maximum atomic E-state index is 5.82. The molecule has 1 aromatic rings. The van der Waals surface area contributed by atoms with Crippen molar-refractivity contribution in [2.75, 3.05) is 6.61 Å². The fourth-order valence-electron chi connectivity index (χ4n) is 1.00. The molecular formula is C10H11Cl2NOS. The van der Waals surface area contributed by atoms with Crippen LogP contribution in [0.25, 0.3) is 0 Å². The lowest BCUT2D eigenvalue weighted by Crippen LogP contribution is -2.09. The summed E-state index contributed by atoms with van der Waals surface area (Å²) < 4.78 is 5.43. The number of thiocarbonyl (C=S) groups is 1. The molecule has 0 aliphatic heterocycles. The second kappa shape index (κ2) is 6.16. The van der Waals surface area contributed by atoms with Crippen molar-refractivity contribution in [2.45, 2.75) is 12.8 Å². The van der Waals surface area contributed by atoms with Crippen molar-refractivity contribution >= 4 is 40.4 Å². The third kappa shape index (κ3) is 4.69. The van der Waals surface area contributed by atoms with Gasteiger partial charge in [0.15, 0.2) is 0 Å². The van der Waals surface area contributed by atoms with Crippen LogP contribution in [-0.4, -0.2) is 11.6 Å². The van der Waals surface area contributed by atoms with E-state index in [0.29, 0.717) is 33.8 Å². The van der Waals surface area contributed by atoms with Crippen LogP contribution in [0.5, 0.6) is 5.75 Å². The van der Waals surface area contributed by atoms with Crippen molar-refractivity contribution in [2.24, 2.45) is 5.73 Å². The van der Waals surface area contributed by atoms with E-state index in [0.717, 1.165) is 6.42 Å². The first-order valence-corrected chi connectivity index (χ1v) is 5.62. The van der Waals surface area contributed by atoms with E-state index in [4.69, 9.17) is 45.9 Å². The fourth-order valence-corrected chi connectivity index (χ4v) is 1.44. The molecule has 5 heteroatoms. The maximum absolute atomic E-state index is 5.82. The Bertz CT molecular complexity index is 357. The zero-order chi connectivity index (χ0) is 11.3. The minimum atomic E-state index is 0.489. The molecule has 0 fully saturated rings. The van der Waals surface area contributed by atoms with Gasteiger partial charge in [0, 0.05) is 12.5 Å². The van der Waals surface area contributed by atoms with E-state index in [1.807, 2.05) is 0 Å². The highest BCUT2D eigenvalue weighted by atomic mass is 35.5. The van der Waals surface area contributed by atoms with Crippen LogP contribution < -0.4 is 10.5 Å². The number of ether oxygens (including phenoxy) is 1. The Hall–Kier alpha value is -0.510. The SMILES string of the molecule is NC(=S)CCCOc1ccc(Cl)c(Cl)c1. The number of hydrogen-bond acceptors (Lipinski definition) is 2. The number of benzene rings is 1. The Morgan fingerprint density at radius 3 is 2.67 bits per heavy atom. The highest BCUT2D eigenvalue weighted by Crippen LogP contribution is 2.26. The van der Waals surface area contributed by atoms with Gasteiger partial charge in [0.2, 0.25) is 0 Å². The second-order valence-corrected chi connectivity index (χ2v) is 4.33. The molecule has 0 unspecified atom stereocenters. The summed E-state index contributed by atoms with van der Waals surface area (Å²) in [6.45, 7) is 0.565. The molecule has 2 nitrogen and oxygen atoms in total. The number of rotatable bonds is 5. The molecule has 0 saturated heterocycles. The molecule has 0 aliphatic carbocycles. The van der Waals surface area contributed by atoms with Crippen LogP contribution in [-0.2, 0) is 0 Å². The van der Waals surface area contributed by atoms with Gasteiger partial charge < -0.3 is 10.5 Å². The van der Waals surface area contributed by atoms with Gasteiger partial charge in [-0.25, -0.2) is 0 Å². The van der Waals surface area contributed by atoms with E-state index >= 15 is 0 Å². The Balaban J connectivity index is 2.38. The van der Waals surface area contributed by atoms with E-state index < -0.39 is 0 Å². The summed E-state index contributed by atoms with van der Waals surface area (Å²) in [7, 11) is 0. The first kappa shape index (κ1) is 12.6. The molecule has 82 valence electrons. The minimum absolute atomic E-state index is 0.489. The van der Waals surface area contributed by atoms with Gasteiger partial charge in [-0.2, -0.15) is 0 Å². The molecule has 0 spiro atoms. The van der Waals surface area contributed by atoms with Crippen molar-refractivity contribution in [3.63, 3.8) is 0 Å². The van der Waals surface area contributed by atoms with Crippen LogP contribution >= 0.6 is 35.4 Å². The molecule has 0 heterocycles. The molecule has 0 radical (unpaired) electrons. The molecule has 1 aromatic carbocycles. The van der Waals surface area contributed by atoms with E-state index in [1.165, 1.54) is 0 Å². The molecule has 15 heavy (non-hydrogen) atoms. The van der Waals surface area contributed by atoms with E-state index in [2.05, 4.69) is 0 Å². The van der Waals surface area contributed by atoms with Crippen molar-refractivity contribution < 1.29 is 4.74 Å². The van der Waals surface area contributed by atoms with Gasteiger partial charge in [0.1, 0.15) is 5.75 Å². The van der Waals surface area contributed by atoms with Gasteiger partial charge in [-0.3, -0.25) is 0 Å². The fraction of sp³-hybridized carbons (Fsp3) is 0.300. The summed E-state index contributed by atoms with van der Waals surface area (Å²) in [5.74, 6) is 0.701. The van der Waals surface area contributed by atoms with E-state index in [1.54, 1.807) is 18.2 Å². The van der Waals surface area contributed by atoms with Gasteiger partial charge in [-0.1, -0.05) is 35.4 Å². The Labute approximate surface area is 104 Å². The average molecular weight is 264 g/mol. The first-order valence-electron chi connectivity index (χ1n) is 4.46. The summed E-state index contributed by atoms with van der Waals surface area (Å²) in [5.41, 5.74) is 5.35. The third-order valence-corrected chi connectivity index (χ3v) is 2.67. The van der Waals surface area contributed by atoms with E-state index in [-0.39, 0.29) is 0 Å². The molecule has 0 saturated carbocycles. The monoisotopic (exact) mass is 263 g/mol. The highest BCUT2D eigenvalue weighted by Gasteiger charge is 2.00. The lowest BCUT2D eigenvalue weighted by molar-refractivity contribution is 0.314. The van der Waals surface area contributed by atoms with Crippen LogP contribution in [0.1, 0.15) is 12.8 Å². The highest BCUT2D eigenvalue weighted by molar-refractivity contribution is 7.80. The zero-order valence-corrected chi connectivity index (χ0v) is 10.3. The van der Waals surface area contributed by atoms with Crippen LogP contribution in [0, 0.1) is 0 Å². The van der Waals surface area contributed by atoms with Crippen LogP contribution in [0.4, 0.5) is 0 Å². The normalized spacial score (nSPS) is 10.0. The van der Waals surface area contributed by atoms with Crippen molar-refractivity contribution in [1.82, 2.24) is 0 Å². The third-order valence-electron chi connectivity index (χ3n) is 1.73. The molecule has 0 amide bonds. The largest absolute Gasteiger partial charge is 0.494 e. The summed E-state index contributed by atoms with van der Waals surface area (Å²) in [4.78, 5) is 0.507. The van der Waals surface area contributed by atoms with Gasteiger partial charge in [0.05, 0.1) is 21.6 Å².